The van der Waals surface area contributed by atoms with Gasteiger partial charge in [0, 0.05) is 36.3 Å². The van der Waals surface area contributed by atoms with Crippen LogP contribution in [0.5, 0.6) is 5.75 Å². The van der Waals surface area contributed by atoms with Crippen molar-refractivity contribution in [3.8, 4) is 16.9 Å². The highest BCUT2D eigenvalue weighted by atomic mass is 16.5. The summed E-state index contributed by atoms with van der Waals surface area (Å²) < 4.78 is 12.7. The molecule has 5 rings (SSSR count). The molecule has 9 heteroatoms. The Labute approximate surface area is 207 Å². The van der Waals surface area contributed by atoms with Crippen LogP contribution in [0.4, 0.5) is 0 Å². The van der Waals surface area contributed by atoms with Crippen LogP contribution < -0.4 is 10.3 Å². The Morgan fingerprint density at radius 3 is 2.61 bits per heavy atom. The summed E-state index contributed by atoms with van der Waals surface area (Å²) in [5, 5.41) is 14.6. The fourth-order valence-corrected chi connectivity index (χ4v) is 4.84. The molecule has 4 heterocycles. The van der Waals surface area contributed by atoms with E-state index in [0.29, 0.717) is 54.0 Å². The second kappa shape index (κ2) is 9.58. The standard InChI is InChI=1S/C27H28N4O5/c1-16-25(17(2)36-29-16)21-12-18-13-22(26(33)30-10-7-20(32)8-11-30)27(34)31(23(18)14-24(21)35-3)15-19-6-4-5-9-28-19/h4-6,9,12-14,20,32H,7-8,10-11,15H2,1-3H3. The molecule has 0 spiro atoms. The van der Waals surface area contributed by atoms with Crippen molar-refractivity contribution in [2.75, 3.05) is 20.2 Å². The molecule has 1 aliphatic rings. The molecular formula is C27H28N4O5. The number of aliphatic hydroxyl groups is 1. The second-order valence-electron chi connectivity index (χ2n) is 9.10. The van der Waals surface area contributed by atoms with Gasteiger partial charge in [0.05, 0.1) is 42.2 Å². The fraction of sp³-hybridized carbons (Fsp3) is 0.333. The minimum absolute atomic E-state index is 0.0877. The molecule has 1 saturated heterocycles. The first-order valence-corrected chi connectivity index (χ1v) is 11.9. The lowest BCUT2D eigenvalue weighted by Gasteiger charge is -2.29. The first kappa shape index (κ1) is 23.7. The number of aliphatic hydroxyl groups excluding tert-OH is 1. The summed E-state index contributed by atoms with van der Waals surface area (Å²) in [6, 6.07) is 10.9. The Kier molecular flexibility index (Phi) is 6.32. The highest BCUT2D eigenvalue weighted by Crippen LogP contribution is 2.37. The molecular weight excluding hydrogens is 460 g/mol. The van der Waals surface area contributed by atoms with Gasteiger partial charge in [-0.25, -0.2) is 0 Å². The molecule has 9 nitrogen and oxygen atoms in total. The summed E-state index contributed by atoms with van der Waals surface area (Å²) >= 11 is 0. The number of carbonyl (C=O) groups is 1. The zero-order chi connectivity index (χ0) is 25.4. The minimum atomic E-state index is -0.420. The maximum Gasteiger partial charge on any atom is 0.264 e. The van der Waals surface area contributed by atoms with Crippen LogP contribution >= 0.6 is 0 Å². The average molecular weight is 489 g/mol. The molecule has 0 bridgehead atoms. The van der Waals surface area contributed by atoms with E-state index in [2.05, 4.69) is 10.1 Å². The van der Waals surface area contributed by atoms with Crippen LogP contribution in [-0.2, 0) is 6.54 Å². The fourth-order valence-electron chi connectivity index (χ4n) is 4.84. The van der Waals surface area contributed by atoms with E-state index in [0.717, 1.165) is 16.8 Å². The van der Waals surface area contributed by atoms with Crippen molar-refractivity contribution < 1.29 is 19.2 Å². The van der Waals surface area contributed by atoms with Crippen LogP contribution in [0.1, 0.15) is 40.3 Å². The van der Waals surface area contributed by atoms with Crippen LogP contribution in [0, 0.1) is 13.8 Å². The highest BCUT2D eigenvalue weighted by molar-refractivity contribution is 5.99. The maximum atomic E-state index is 13.7. The van der Waals surface area contributed by atoms with Gasteiger partial charge in [-0.1, -0.05) is 11.2 Å². The molecule has 3 aromatic heterocycles. The summed E-state index contributed by atoms with van der Waals surface area (Å²) in [6.07, 6.45) is 2.24. The van der Waals surface area contributed by atoms with Crippen molar-refractivity contribution in [3.05, 3.63) is 75.7 Å². The number of carbonyl (C=O) groups excluding carboxylic acids is 1. The quantitative estimate of drug-likeness (QED) is 0.459. The predicted molar refractivity (Wildman–Crippen MR) is 134 cm³/mol. The first-order chi connectivity index (χ1) is 17.4. The van der Waals surface area contributed by atoms with Gasteiger partial charge in [-0.3, -0.25) is 14.6 Å². The van der Waals surface area contributed by atoms with E-state index < -0.39 is 11.7 Å². The van der Waals surface area contributed by atoms with Gasteiger partial charge in [0.1, 0.15) is 17.1 Å². The lowest BCUT2D eigenvalue weighted by molar-refractivity contribution is 0.0544. The van der Waals surface area contributed by atoms with Gasteiger partial charge in [0.2, 0.25) is 0 Å². The average Bonchev–Trinajstić information content (AvgIpc) is 3.23. The van der Waals surface area contributed by atoms with E-state index in [-0.39, 0.29) is 18.0 Å². The van der Waals surface area contributed by atoms with E-state index in [1.807, 2.05) is 44.2 Å². The SMILES string of the molecule is COc1cc2c(cc1-c1c(C)noc1C)cc(C(=O)N1CCC(O)CC1)c(=O)n2Cc1ccccn1. The monoisotopic (exact) mass is 488 g/mol. The summed E-state index contributed by atoms with van der Waals surface area (Å²) in [5.74, 6) is 0.878. The van der Waals surface area contributed by atoms with Crippen molar-refractivity contribution in [3.63, 3.8) is 0 Å². The third kappa shape index (κ3) is 4.26. The zero-order valence-corrected chi connectivity index (χ0v) is 20.5. The molecule has 1 aliphatic heterocycles. The highest BCUT2D eigenvalue weighted by Gasteiger charge is 2.26. The zero-order valence-electron chi connectivity index (χ0n) is 20.5. The van der Waals surface area contributed by atoms with Crippen LogP contribution in [0.25, 0.3) is 22.0 Å². The molecule has 1 amide bonds. The Morgan fingerprint density at radius 2 is 1.97 bits per heavy atom. The molecule has 36 heavy (non-hydrogen) atoms. The Morgan fingerprint density at radius 1 is 1.19 bits per heavy atom. The number of aryl methyl sites for hydroxylation is 2. The van der Waals surface area contributed by atoms with Crippen molar-refractivity contribution in [1.29, 1.82) is 0 Å². The third-order valence-corrected chi connectivity index (χ3v) is 6.75. The topological polar surface area (TPSA) is 111 Å². The molecule has 1 N–H and O–H groups in total. The minimum Gasteiger partial charge on any atom is -0.496 e. The van der Waals surface area contributed by atoms with Crippen LogP contribution in [0.2, 0.25) is 0 Å². The van der Waals surface area contributed by atoms with E-state index >= 15 is 0 Å². The number of fused-ring (bicyclic) bond motifs is 1. The molecule has 0 radical (unpaired) electrons. The number of benzene rings is 1. The number of pyridine rings is 2. The lowest BCUT2D eigenvalue weighted by Crippen LogP contribution is -2.42. The number of methoxy groups -OCH3 is 1. The van der Waals surface area contributed by atoms with Crippen LogP contribution in [0.15, 0.2) is 51.9 Å². The Bertz CT molecular complexity index is 1460. The van der Waals surface area contributed by atoms with Gasteiger partial charge in [0.15, 0.2) is 0 Å². The molecule has 1 fully saturated rings. The molecule has 0 aliphatic carbocycles. The number of hydrogen-bond acceptors (Lipinski definition) is 7. The Balaban J connectivity index is 1.73. The van der Waals surface area contributed by atoms with Crippen molar-refractivity contribution in [1.82, 2.24) is 19.6 Å². The molecule has 0 saturated carbocycles. The molecule has 0 unspecified atom stereocenters. The van der Waals surface area contributed by atoms with Gasteiger partial charge in [-0.2, -0.15) is 0 Å². The summed E-state index contributed by atoms with van der Waals surface area (Å²) in [4.78, 5) is 33.2. The predicted octanol–water partition coefficient (Wildman–Crippen LogP) is 3.32. The smallest absolute Gasteiger partial charge is 0.264 e. The van der Waals surface area contributed by atoms with Crippen LogP contribution in [0.3, 0.4) is 0 Å². The van der Waals surface area contributed by atoms with Gasteiger partial charge in [0.25, 0.3) is 11.5 Å². The molecule has 4 aromatic rings. The summed E-state index contributed by atoms with van der Waals surface area (Å²) in [6.45, 7) is 4.71. The number of ether oxygens (including phenoxy) is 1. The second-order valence-corrected chi connectivity index (χ2v) is 9.10. The number of likely N-dealkylation sites (tertiary alicyclic amines) is 1. The van der Waals surface area contributed by atoms with Gasteiger partial charge < -0.3 is 23.8 Å². The van der Waals surface area contributed by atoms with E-state index in [1.165, 1.54) is 0 Å². The normalized spacial score (nSPS) is 14.4. The van der Waals surface area contributed by atoms with Gasteiger partial charge >= 0.3 is 0 Å². The van der Waals surface area contributed by atoms with Gasteiger partial charge in [-0.05, 0) is 51.0 Å². The Hall–Kier alpha value is -3.98. The van der Waals surface area contributed by atoms with Crippen molar-refractivity contribution in [2.45, 2.75) is 39.3 Å². The van der Waals surface area contributed by atoms with E-state index in [9.17, 15) is 14.7 Å². The number of rotatable bonds is 5. The third-order valence-electron chi connectivity index (χ3n) is 6.75. The van der Waals surface area contributed by atoms with Gasteiger partial charge in [-0.15, -0.1) is 0 Å². The molecule has 186 valence electrons. The molecule has 1 aromatic carbocycles. The molecule has 0 atom stereocenters. The van der Waals surface area contributed by atoms with Crippen LogP contribution in [-0.4, -0.2) is 56.9 Å². The number of aromatic nitrogens is 3. The van der Waals surface area contributed by atoms with E-state index in [1.54, 1.807) is 28.8 Å². The summed E-state index contributed by atoms with van der Waals surface area (Å²) in [7, 11) is 1.58. The number of amides is 1. The number of hydrogen-bond donors (Lipinski definition) is 1. The maximum absolute atomic E-state index is 13.7. The summed E-state index contributed by atoms with van der Waals surface area (Å²) in [5.41, 5.74) is 3.32. The van der Waals surface area contributed by atoms with E-state index in [4.69, 9.17) is 9.26 Å². The number of piperidine rings is 1. The van der Waals surface area contributed by atoms with Crippen molar-refractivity contribution >= 4 is 16.8 Å². The lowest BCUT2D eigenvalue weighted by atomic mass is 9.99. The first-order valence-electron chi connectivity index (χ1n) is 11.9. The largest absolute Gasteiger partial charge is 0.496 e. The van der Waals surface area contributed by atoms with Crippen molar-refractivity contribution in [2.24, 2.45) is 0 Å². The number of nitrogens with zero attached hydrogens (tertiary/aromatic N) is 4.